The van der Waals surface area contributed by atoms with E-state index in [1.54, 1.807) is 0 Å². The van der Waals surface area contributed by atoms with Crippen molar-refractivity contribution in [3.63, 3.8) is 0 Å². The minimum absolute atomic E-state index is 0. The number of hydrogen-bond donors (Lipinski definition) is 2. The maximum Gasteiger partial charge on any atom is 0.224 e. The molecule has 0 atom stereocenters. The normalized spacial score (nSPS) is 16.4. The smallest absolute Gasteiger partial charge is 0.224 e. The van der Waals surface area contributed by atoms with Crippen molar-refractivity contribution in [3.05, 3.63) is 41.5 Å². The van der Waals surface area contributed by atoms with E-state index in [1.807, 2.05) is 17.0 Å². The van der Waals surface area contributed by atoms with Gasteiger partial charge in [-0.25, -0.2) is 0 Å². The highest BCUT2D eigenvalue weighted by molar-refractivity contribution is 5.85. The van der Waals surface area contributed by atoms with Gasteiger partial charge in [0.25, 0.3) is 0 Å². The predicted octanol–water partition coefficient (Wildman–Crippen LogP) is 2.74. The average Bonchev–Trinajstić information content (AvgIpc) is 3.14. The van der Waals surface area contributed by atoms with E-state index >= 15 is 0 Å². The van der Waals surface area contributed by atoms with Crippen LogP contribution in [0.15, 0.2) is 24.3 Å². The van der Waals surface area contributed by atoms with Crippen LogP contribution in [0.1, 0.15) is 42.4 Å². The molecule has 2 aliphatic heterocycles. The molecule has 3 heterocycles. The van der Waals surface area contributed by atoms with Gasteiger partial charge in [-0.05, 0) is 31.4 Å². The van der Waals surface area contributed by atoms with E-state index < -0.39 is 0 Å². The van der Waals surface area contributed by atoms with Gasteiger partial charge in [-0.15, -0.1) is 35.0 Å². The summed E-state index contributed by atoms with van der Waals surface area (Å²) in [6.45, 7) is 7.11. The molecule has 160 valence electrons. The standard InChI is InChI=1S/C20H28N6O.2ClH/c1-15-4-2-3-5-17(15)22-9-6-19(27)25-11-7-16(8-12-25)20-24-23-18-14-21-10-13-26(18)20;;/h2-5,16,21-22H,6-14H2,1H3;2*1H. The molecule has 0 saturated carbocycles. The number of carbonyl (C=O) groups is 1. The number of para-hydroxylation sites is 1. The number of likely N-dealkylation sites (tertiary alicyclic amines) is 1. The van der Waals surface area contributed by atoms with E-state index in [1.165, 1.54) is 5.56 Å². The van der Waals surface area contributed by atoms with Gasteiger partial charge in [0, 0.05) is 50.7 Å². The second-order valence-corrected chi connectivity index (χ2v) is 7.45. The molecule has 0 spiro atoms. The third kappa shape index (κ3) is 5.41. The van der Waals surface area contributed by atoms with Gasteiger partial charge >= 0.3 is 0 Å². The molecular weight excluding hydrogens is 411 g/mol. The Morgan fingerprint density at radius 3 is 2.69 bits per heavy atom. The second-order valence-electron chi connectivity index (χ2n) is 7.45. The van der Waals surface area contributed by atoms with Crippen LogP contribution in [-0.2, 0) is 17.9 Å². The maximum absolute atomic E-state index is 12.5. The summed E-state index contributed by atoms with van der Waals surface area (Å²) < 4.78 is 2.27. The van der Waals surface area contributed by atoms with Crippen LogP contribution in [0.5, 0.6) is 0 Å². The van der Waals surface area contributed by atoms with E-state index in [-0.39, 0.29) is 30.7 Å². The van der Waals surface area contributed by atoms with Crippen molar-refractivity contribution in [1.29, 1.82) is 0 Å². The molecule has 4 rings (SSSR count). The van der Waals surface area contributed by atoms with Crippen LogP contribution in [0.25, 0.3) is 0 Å². The van der Waals surface area contributed by atoms with Gasteiger partial charge in [0.2, 0.25) is 5.91 Å². The van der Waals surface area contributed by atoms with Crippen molar-refractivity contribution >= 4 is 36.4 Å². The zero-order valence-corrected chi connectivity index (χ0v) is 18.4. The molecule has 9 heteroatoms. The van der Waals surface area contributed by atoms with Crippen molar-refractivity contribution in [2.75, 3.05) is 31.5 Å². The molecule has 0 radical (unpaired) electrons. The number of rotatable bonds is 5. The number of nitrogens with one attached hydrogen (secondary N) is 2. The van der Waals surface area contributed by atoms with E-state index in [9.17, 15) is 4.79 Å². The molecule has 7 nitrogen and oxygen atoms in total. The lowest BCUT2D eigenvalue weighted by atomic mass is 9.95. The van der Waals surface area contributed by atoms with Crippen molar-refractivity contribution in [1.82, 2.24) is 25.0 Å². The van der Waals surface area contributed by atoms with Gasteiger partial charge in [0.1, 0.15) is 11.6 Å². The molecule has 2 aromatic rings. The maximum atomic E-state index is 12.5. The highest BCUT2D eigenvalue weighted by Gasteiger charge is 2.28. The summed E-state index contributed by atoms with van der Waals surface area (Å²) in [5, 5.41) is 15.5. The summed E-state index contributed by atoms with van der Waals surface area (Å²) in [7, 11) is 0. The Labute approximate surface area is 184 Å². The fourth-order valence-electron chi connectivity index (χ4n) is 4.04. The number of benzene rings is 1. The van der Waals surface area contributed by atoms with Gasteiger partial charge < -0.3 is 20.1 Å². The third-order valence-corrected chi connectivity index (χ3v) is 5.66. The molecule has 1 aromatic heterocycles. The number of fused-ring (bicyclic) bond motifs is 1. The Bertz CT molecular complexity index is 804. The first-order chi connectivity index (χ1) is 13.2. The van der Waals surface area contributed by atoms with Crippen molar-refractivity contribution in [3.8, 4) is 0 Å². The lowest BCUT2D eigenvalue weighted by molar-refractivity contribution is -0.132. The van der Waals surface area contributed by atoms with Crippen LogP contribution in [-0.4, -0.2) is 51.8 Å². The Morgan fingerprint density at radius 1 is 1.17 bits per heavy atom. The minimum Gasteiger partial charge on any atom is -0.384 e. The van der Waals surface area contributed by atoms with Crippen molar-refractivity contribution in [2.45, 2.75) is 45.2 Å². The number of piperidine rings is 1. The number of nitrogens with zero attached hydrogens (tertiary/aromatic N) is 4. The fourth-order valence-corrected chi connectivity index (χ4v) is 4.04. The Balaban J connectivity index is 0.00000150. The van der Waals surface area contributed by atoms with Crippen LogP contribution in [0, 0.1) is 6.92 Å². The molecule has 1 saturated heterocycles. The van der Waals surface area contributed by atoms with Crippen LogP contribution >= 0.6 is 24.8 Å². The lowest BCUT2D eigenvalue weighted by Crippen LogP contribution is -2.39. The molecule has 2 N–H and O–H groups in total. The summed E-state index contributed by atoms with van der Waals surface area (Å²) in [4.78, 5) is 14.5. The van der Waals surface area contributed by atoms with Crippen LogP contribution in [0.2, 0.25) is 0 Å². The average molecular weight is 441 g/mol. The van der Waals surface area contributed by atoms with Gasteiger partial charge in [0.05, 0.1) is 6.54 Å². The lowest BCUT2D eigenvalue weighted by Gasteiger charge is -2.32. The van der Waals surface area contributed by atoms with E-state index in [0.717, 1.165) is 62.9 Å². The zero-order valence-electron chi connectivity index (χ0n) is 16.8. The summed E-state index contributed by atoms with van der Waals surface area (Å²) >= 11 is 0. The van der Waals surface area contributed by atoms with E-state index in [2.05, 4.69) is 44.5 Å². The second kappa shape index (κ2) is 10.8. The molecule has 0 aliphatic carbocycles. The number of hydrogen-bond acceptors (Lipinski definition) is 5. The minimum atomic E-state index is 0. The molecule has 2 aliphatic rings. The Hall–Kier alpha value is -1.83. The van der Waals surface area contributed by atoms with Gasteiger partial charge in [-0.3, -0.25) is 4.79 Å². The van der Waals surface area contributed by atoms with E-state index in [4.69, 9.17) is 0 Å². The Kier molecular flexibility index (Phi) is 8.74. The van der Waals surface area contributed by atoms with Crippen LogP contribution < -0.4 is 10.6 Å². The summed E-state index contributed by atoms with van der Waals surface area (Å²) in [5.74, 6) is 2.80. The monoisotopic (exact) mass is 440 g/mol. The molecule has 1 aromatic carbocycles. The molecule has 1 fully saturated rings. The van der Waals surface area contributed by atoms with Crippen LogP contribution in [0.4, 0.5) is 5.69 Å². The number of amides is 1. The topological polar surface area (TPSA) is 75.1 Å². The molecular formula is C20H30Cl2N6O. The van der Waals surface area contributed by atoms with E-state index in [0.29, 0.717) is 18.9 Å². The first-order valence-electron chi connectivity index (χ1n) is 9.92. The predicted molar refractivity (Wildman–Crippen MR) is 119 cm³/mol. The highest BCUT2D eigenvalue weighted by atomic mass is 35.5. The van der Waals surface area contributed by atoms with Crippen LogP contribution in [0.3, 0.4) is 0 Å². The summed E-state index contributed by atoms with van der Waals surface area (Å²) in [5.41, 5.74) is 2.31. The van der Waals surface area contributed by atoms with Crippen molar-refractivity contribution < 1.29 is 4.79 Å². The van der Waals surface area contributed by atoms with Gasteiger partial charge in [-0.2, -0.15) is 0 Å². The van der Waals surface area contributed by atoms with Gasteiger partial charge in [-0.1, -0.05) is 18.2 Å². The largest absolute Gasteiger partial charge is 0.384 e. The highest BCUT2D eigenvalue weighted by Crippen LogP contribution is 2.28. The number of anilines is 1. The number of aryl methyl sites for hydroxylation is 1. The first-order valence-corrected chi connectivity index (χ1v) is 9.92. The van der Waals surface area contributed by atoms with Gasteiger partial charge in [0.15, 0.2) is 0 Å². The summed E-state index contributed by atoms with van der Waals surface area (Å²) in [6.07, 6.45) is 2.48. The summed E-state index contributed by atoms with van der Waals surface area (Å²) in [6, 6.07) is 8.17. The fraction of sp³-hybridized carbons (Fsp3) is 0.550. The molecule has 29 heavy (non-hydrogen) atoms. The number of halogens is 2. The molecule has 0 bridgehead atoms. The van der Waals surface area contributed by atoms with Crippen molar-refractivity contribution in [2.24, 2.45) is 0 Å². The number of aromatic nitrogens is 3. The number of carbonyl (C=O) groups excluding carboxylic acids is 1. The molecule has 0 unspecified atom stereocenters. The molecule has 1 amide bonds. The first kappa shape index (κ1) is 23.4. The quantitative estimate of drug-likeness (QED) is 0.747. The third-order valence-electron chi connectivity index (χ3n) is 5.66. The SMILES string of the molecule is Cc1ccccc1NCCC(=O)N1CCC(c2nnc3n2CCNC3)CC1.Cl.Cl. The zero-order chi connectivity index (χ0) is 18.6. The Morgan fingerprint density at radius 2 is 1.93 bits per heavy atom.